The van der Waals surface area contributed by atoms with Crippen LogP contribution in [0.15, 0.2) is 18.2 Å². The first-order valence-corrected chi connectivity index (χ1v) is 6.48. The first kappa shape index (κ1) is 11.2. The zero-order chi connectivity index (χ0) is 12.2. The first-order chi connectivity index (χ1) is 8.00. The number of aliphatic hydroxyl groups excluding tert-OH is 1. The Balaban J connectivity index is 2.14. The van der Waals surface area contributed by atoms with Crippen molar-refractivity contribution in [3.05, 3.63) is 35.1 Å². The molecule has 0 aliphatic heterocycles. The molecule has 0 bridgehead atoms. The van der Waals surface area contributed by atoms with Gasteiger partial charge in [0.2, 0.25) is 0 Å². The van der Waals surface area contributed by atoms with E-state index in [1.54, 1.807) is 12.1 Å². The third-order valence-electron chi connectivity index (χ3n) is 4.74. The Morgan fingerprint density at radius 2 is 2.06 bits per heavy atom. The minimum absolute atomic E-state index is 0.170. The summed E-state index contributed by atoms with van der Waals surface area (Å²) in [4.78, 5) is 0. The molecule has 0 radical (unpaired) electrons. The topological polar surface area (TPSA) is 20.2 Å². The van der Waals surface area contributed by atoms with Crippen LogP contribution in [-0.4, -0.2) is 5.11 Å². The Bertz CT molecular complexity index is 452. The first-order valence-electron chi connectivity index (χ1n) is 6.48. The fourth-order valence-corrected chi connectivity index (χ4v) is 4.00. The van der Waals surface area contributed by atoms with Crippen LogP contribution in [0.1, 0.15) is 56.3 Å². The van der Waals surface area contributed by atoms with Gasteiger partial charge in [-0.25, -0.2) is 4.39 Å². The molecule has 2 aliphatic rings. The molecule has 3 rings (SSSR count). The number of hydrogen-bond donors (Lipinski definition) is 1. The maximum atomic E-state index is 13.4. The van der Waals surface area contributed by atoms with Gasteiger partial charge in [-0.05, 0) is 53.4 Å². The van der Waals surface area contributed by atoms with Gasteiger partial charge in [-0.3, -0.25) is 0 Å². The fraction of sp³-hybridized carbons (Fsp3) is 0.600. The van der Waals surface area contributed by atoms with Gasteiger partial charge in [0.05, 0.1) is 6.10 Å². The number of fused-ring (bicyclic) bond motifs is 3. The average Bonchev–Trinajstić information content (AvgIpc) is 2.53. The number of halogens is 1. The van der Waals surface area contributed by atoms with E-state index in [4.69, 9.17) is 0 Å². The fourth-order valence-electron chi connectivity index (χ4n) is 4.00. The molecule has 0 aromatic heterocycles. The molecule has 0 heterocycles. The van der Waals surface area contributed by atoms with Crippen molar-refractivity contribution < 1.29 is 9.50 Å². The second kappa shape index (κ2) is 3.55. The van der Waals surface area contributed by atoms with Gasteiger partial charge in [-0.15, -0.1) is 0 Å². The minimum atomic E-state index is -0.393. The summed E-state index contributed by atoms with van der Waals surface area (Å²) >= 11 is 0. The van der Waals surface area contributed by atoms with Crippen LogP contribution >= 0.6 is 0 Å². The molecule has 1 saturated carbocycles. The predicted molar refractivity (Wildman–Crippen MR) is 65.2 cm³/mol. The summed E-state index contributed by atoms with van der Waals surface area (Å²) in [6.45, 7) is 4.49. The van der Waals surface area contributed by atoms with Gasteiger partial charge in [0.1, 0.15) is 5.82 Å². The van der Waals surface area contributed by atoms with Crippen LogP contribution in [0.2, 0.25) is 0 Å². The van der Waals surface area contributed by atoms with Gasteiger partial charge in [-0.2, -0.15) is 0 Å². The lowest BCUT2D eigenvalue weighted by atomic mass is 9.63. The molecule has 1 aromatic rings. The van der Waals surface area contributed by atoms with Crippen molar-refractivity contribution in [3.8, 4) is 0 Å². The summed E-state index contributed by atoms with van der Waals surface area (Å²) in [6, 6.07) is 4.87. The Morgan fingerprint density at radius 1 is 1.29 bits per heavy atom. The second-order valence-corrected chi connectivity index (χ2v) is 6.24. The van der Waals surface area contributed by atoms with Crippen molar-refractivity contribution in [2.24, 2.45) is 11.3 Å². The molecule has 1 fully saturated rings. The molecule has 17 heavy (non-hydrogen) atoms. The van der Waals surface area contributed by atoms with Gasteiger partial charge in [0, 0.05) is 0 Å². The van der Waals surface area contributed by atoms with E-state index in [1.165, 1.54) is 12.5 Å². The predicted octanol–water partition coefficient (Wildman–Crippen LogP) is 3.78. The molecular formula is C15H19FO. The Morgan fingerprint density at radius 3 is 2.82 bits per heavy atom. The molecule has 1 N–H and O–H groups in total. The highest BCUT2D eigenvalue weighted by Gasteiger charge is 2.48. The molecule has 0 amide bonds. The third kappa shape index (κ3) is 1.54. The van der Waals surface area contributed by atoms with E-state index in [-0.39, 0.29) is 17.2 Å². The molecule has 0 unspecified atom stereocenters. The van der Waals surface area contributed by atoms with Crippen molar-refractivity contribution in [2.75, 3.05) is 0 Å². The number of hydrogen-bond acceptors (Lipinski definition) is 1. The molecule has 3 atom stereocenters. The minimum Gasteiger partial charge on any atom is -0.388 e. The number of benzene rings is 1. The zero-order valence-electron chi connectivity index (χ0n) is 10.4. The van der Waals surface area contributed by atoms with Crippen LogP contribution in [0.25, 0.3) is 0 Å². The number of rotatable bonds is 0. The molecule has 2 aliphatic carbocycles. The normalized spacial score (nSPS) is 34.2. The average molecular weight is 234 g/mol. The van der Waals surface area contributed by atoms with E-state index in [1.807, 2.05) is 0 Å². The molecule has 1 nitrogen and oxygen atoms in total. The molecule has 0 spiro atoms. The van der Waals surface area contributed by atoms with Gasteiger partial charge in [-0.1, -0.05) is 26.3 Å². The third-order valence-corrected chi connectivity index (χ3v) is 4.74. The second-order valence-electron chi connectivity index (χ2n) is 6.24. The largest absolute Gasteiger partial charge is 0.388 e. The van der Waals surface area contributed by atoms with Crippen LogP contribution in [0, 0.1) is 17.2 Å². The summed E-state index contributed by atoms with van der Waals surface area (Å²) < 4.78 is 13.4. The molecular weight excluding hydrogens is 215 g/mol. The maximum Gasteiger partial charge on any atom is 0.123 e. The van der Waals surface area contributed by atoms with E-state index < -0.39 is 6.10 Å². The van der Waals surface area contributed by atoms with Crippen LogP contribution in [0.4, 0.5) is 4.39 Å². The van der Waals surface area contributed by atoms with Gasteiger partial charge in [0.25, 0.3) is 0 Å². The number of aliphatic hydroxyl groups is 1. The molecule has 1 aromatic carbocycles. The Labute approximate surface area is 102 Å². The van der Waals surface area contributed by atoms with Gasteiger partial charge >= 0.3 is 0 Å². The lowest BCUT2D eigenvalue weighted by Gasteiger charge is -2.41. The van der Waals surface area contributed by atoms with E-state index in [0.717, 1.165) is 24.0 Å². The van der Waals surface area contributed by atoms with Crippen molar-refractivity contribution in [1.82, 2.24) is 0 Å². The van der Waals surface area contributed by atoms with E-state index >= 15 is 0 Å². The lowest BCUT2D eigenvalue weighted by Crippen LogP contribution is -2.31. The highest BCUT2D eigenvalue weighted by Crippen LogP contribution is 2.59. The summed E-state index contributed by atoms with van der Waals surface area (Å²) in [5, 5.41) is 10.4. The van der Waals surface area contributed by atoms with E-state index in [9.17, 15) is 9.50 Å². The van der Waals surface area contributed by atoms with E-state index in [2.05, 4.69) is 13.8 Å². The van der Waals surface area contributed by atoms with Crippen molar-refractivity contribution in [2.45, 2.75) is 45.1 Å². The van der Waals surface area contributed by atoms with Crippen molar-refractivity contribution in [3.63, 3.8) is 0 Å². The summed E-state index contributed by atoms with van der Waals surface area (Å²) in [7, 11) is 0. The smallest absolute Gasteiger partial charge is 0.123 e. The van der Waals surface area contributed by atoms with Crippen molar-refractivity contribution >= 4 is 0 Å². The standard InChI is InChI=1S/C15H19FO/c1-15(2)7-3-4-11-13(15)12-8-9(16)5-6-10(12)14(11)17/h5-6,8,11,13-14,17H,3-4,7H2,1-2H3/t11-,13+,14+/m0/s1. The summed E-state index contributed by atoms with van der Waals surface area (Å²) in [5.41, 5.74) is 2.17. The van der Waals surface area contributed by atoms with Gasteiger partial charge in [0.15, 0.2) is 0 Å². The highest BCUT2D eigenvalue weighted by atomic mass is 19.1. The highest BCUT2D eigenvalue weighted by molar-refractivity contribution is 5.40. The Kier molecular flexibility index (Phi) is 2.34. The van der Waals surface area contributed by atoms with Crippen LogP contribution in [0.3, 0.4) is 0 Å². The Hall–Kier alpha value is -0.890. The van der Waals surface area contributed by atoms with Crippen molar-refractivity contribution in [1.29, 1.82) is 0 Å². The quantitative estimate of drug-likeness (QED) is 0.724. The van der Waals surface area contributed by atoms with E-state index in [0.29, 0.717) is 5.92 Å². The maximum absolute atomic E-state index is 13.4. The molecule has 0 saturated heterocycles. The molecule has 92 valence electrons. The monoisotopic (exact) mass is 234 g/mol. The SMILES string of the molecule is CC1(C)CCC[C@@H]2[C@H](O)c3ccc(F)cc3[C@@H]21. The summed E-state index contributed by atoms with van der Waals surface area (Å²) in [6.07, 6.45) is 3.00. The van der Waals surface area contributed by atoms with Crippen LogP contribution < -0.4 is 0 Å². The van der Waals surface area contributed by atoms with Gasteiger partial charge < -0.3 is 5.11 Å². The lowest BCUT2D eigenvalue weighted by molar-refractivity contribution is 0.0445. The van der Waals surface area contributed by atoms with Crippen LogP contribution in [0.5, 0.6) is 0 Å². The zero-order valence-corrected chi connectivity index (χ0v) is 10.4. The molecule has 2 heteroatoms. The van der Waals surface area contributed by atoms with Crippen LogP contribution in [-0.2, 0) is 0 Å². The summed E-state index contributed by atoms with van der Waals surface area (Å²) in [5.74, 6) is 0.422.